The largest absolute Gasteiger partial charge is 0.494 e. The molecule has 0 spiro atoms. The number of amides is 1. The SMILES string of the molecule is COc1cc2c(N3CCCC(CNC(=O)c4ccccc4)C3)ncnc2cc1F. The van der Waals surface area contributed by atoms with Crippen molar-refractivity contribution in [1.82, 2.24) is 15.3 Å². The van der Waals surface area contributed by atoms with E-state index in [-0.39, 0.29) is 11.7 Å². The number of halogens is 1. The van der Waals surface area contributed by atoms with Crippen LogP contribution in [0.15, 0.2) is 48.8 Å². The summed E-state index contributed by atoms with van der Waals surface area (Å²) in [5.74, 6) is 0.758. The summed E-state index contributed by atoms with van der Waals surface area (Å²) in [4.78, 5) is 23.2. The first-order valence-electron chi connectivity index (χ1n) is 9.72. The van der Waals surface area contributed by atoms with Crippen molar-refractivity contribution in [2.75, 3.05) is 31.6 Å². The Morgan fingerprint density at radius 1 is 1.28 bits per heavy atom. The number of nitrogens with zero attached hydrogens (tertiary/aromatic N) is 3. The number of hydrogen-bond donors (Lipinski definition) is 1. The summed E-state index contributed by atoms with van der Waals surface area (Å²) >= 11 is 0. The summed E-state index contributed by atoms with van der Waals surface area (Å²) in [6.45, 7) is 2.22. The third-order valence-electron chi connectivity index (χ3n) is 5.29. The number of aromatic nitrogens is 2. The second-order valence-corrected chi connectivity index (χ2v) is 7.23. The molecule has 0 aliphatic carbocycles. The maximum atomic E-state index is 14.0. The molecule has 3 aromatic rings. The Hall–Kier alpha value is -3.22. The van der Waals surface area contributed by atoms with Crippen molar-refractivity contribution in [3.8, 4) is 5.75 Å². The molecule has 29 heavy (non-hydrogen) atoms. The van der Waals surface area contributed by atoms with Crippen LogP contribution in [0.5, 0.6) is 5.75 Å². The van der Waals surface area contributed by atoms with Crippen molar-refractivity contribution in [2.24, 2.45) is 5.92 Å². The van der Waals surface area contributed by atoms with E-state index in [9.17, 15) is 9.18 Å². The number of hydrogen-bond acceptors (Lipinski definition) is 5. The fourth-order valence-corrected chi connectivity index (χ4v) is 3.81. The van der Waals surface area contributed by atoms with Gasteiger partial charge in [0.2, 0.25) is 0 Å². The average Bonchev–Trinajstić information content (AvgIpc) is 2.77. The second kappa shape index (κ2) is 8.43. The number of ether oxygens (including phenoxy) is 1. The first-order valence-corrected chi connectivity index (χ1v) is 9.72. The summed E-state index contributed by atoms with van der Waals surface area (Å²) in [6.07, 6.45) is 3.49. The van der Waals surface area contributed by atoms with Crippen LogP contribution >= 0.6 is 0 Å². The van der Waals surface area contributed by atoms with Crippen LogP contribution in [-0.4, -0.2) is 42.6 Å². The first kappa shape index (κ1) is 19.1. The molecule has 1 N–H and O–H groups in total. The number of nitrogens with one attached hydrogen (secondary N) is 1. The van der Waals surface area contributed by atoms with Crippen LogP contribution in [0.3, 0.4) is 0 Å². The quantitative estimate of drug-likeness (QED) is 0.718. The van der Waals surface area contributed by atoms with Crippen LogP contribution < -0.4 is 15.0 Å². The molecule has 1 aliphatic rings. The highest BCUT2D eigenvalue weighted by molar-refractivity contribution is 5.94. The third kappa shape index (κ3) is 4.13. The number of anilines is 1. The van der Waals surface area contributed by atoms with Crippen molar-refractivity contribution in [3.63, 3.8) is 0 Å². The molecule has 4 rings (SSSR count). The maximum absolute atomic E-state index is 14.0. The molecule has 1 aliphatic heterocycles. The van der Waals surface area contributed by atoms with Crippen molar-refractivity contribution in [1.29, 1.82) is 0 Å². The van der Waals surface area contributed by atoms with Gasteiger partial charge in [-0.3, -0.25) is 4.79 Å². The van der Waals surface area contributed by atoms with E-state index in [4.69, 9.17) is 4.74 Å². The predicted molar refractivity (Wildman–Crippen MR) is 110 cm³/mol. The highest BCUT2D eigenvalue weighted by Gasteiger charge is 2.23. The molecular weight excluding hydrogens is 371 g/mol. The zero-order valence-electron chi connectivity index (χ0n) is 16.3. The summed E-state index contributed by atoms with van der Waals surface area (Å²) in [5.41, 5.74) is 1.21. The molecule has 7 heteroatoms. The number of piperidine rings is 1. The highest BCUT2D eigenvalue weighted by Crippen LogP contribution is 2.31. The van der Waals surface area contributed by atoms with E-state index in [1.54, 1.807) is 6.07 Å². The molecular formula is C22H23FN4O2. The van der Waals surface area contributed by atoms with Gasteiger partial charge < -0.3 is 15.0 Å². The van der Waals surface area contributed by atoms with Crippen molar-refractivity contribution >= 4 is 22.6 Å². The van der Waals surface area contributed by atoms with Gasteiger partial charge in [0, 0.05) is 36.7 Å². The molecule has 0 saturated carbocycles. The Kier molecular flexibility index (Phi) is 5.55. The number of benzene rings is 2. The van der Waals surface area contributed by atoms with Gasteiger partial charge in [-0.05, 0) is 37.0 Å². The van der Waals surface area contributed by atoms with Gasteiger partial charge in [0.1, 0.15) is 12.1 Å². The summed E-state index contributed by atoms with van der Waals surface area (Å²) in [6, 6.07) is 12.2. The van der Waals surface area contributed by atoms with E-state index in [0.717, 1.165) is 37.1 Å². The normalized spacial score (nSPS) is 16.6. The number of fused-ring (bicyclic) bond motifs is 1. The number of methoxy groups -OCH3 is 1. The van der Waals surface area contributed by atoms with Gasteiger partial charge in [0.05, 0.1) is 12.6 Å². The van der Waals surface area contributed by atoms with Gasteiger partial charge in [-0.1, -0.05) is 18.2 Å². The Labute approximate surface area is 168 Å². The zero-order chi connectivity index (χ0) is 20.2. The molecule has 1 aromatic heterocycles. The third-order valence-corrected chi connectivity index (χ3v) is 5.29. The fourth-order valence-electron chi connectivity index (χ4n) is 3.81. The van der Waals surface area contributed by atoms with Gasteiger partial charge >= 0.3 is 0 Å². The van der Waals surface area contributed by atoms with Crippen LogP contribution in [0, 0.1) is 11.7 Å². The summed E-state index contributed by atoms with van der Waals surface area (Å²) in [7, 11) is 1.44. The standard InChI is InChI=1S/C22H23FN4O2/c1-29-20-10-17-19(11-18(20)23)25-14-26-21(17)27-9-5-6-15(13-27)12-24-22(28)16-7-3-2-4-8-16/h2-4,7-8,10-11,14-15H,5-6,9,12-13H2,1H3,(H,24,28). The van der Waals surface area contributed by atoms with Crippen molar-refractivity contribution in [3.05, 3.63) is 60.2 Å². The monoisotopic (exact) mass is 394 g/mol. The van der Waals surface area contributed by atoms with Gasteiger partial charge in [0.15, 0.2) is 11.6 Å². The summed E-state index contributed by atoms with van der Waals surface area (Å²) < 4.78 is 19.2. The molecule has 1 saturated heterocycles. The van der Waals surface area contributed by atoms with Gasteiger partial charge in [0.25, 0.3) is 5.91 Å². The summed E-state index contributed by atoms with van der Waals surface area (Å²) in [5, 5.41) is 3.80. The van der Waals surface area contributed by atoms with Crippen LogP contribution in [0.2, 0.25) is 0 Å². The molecule has 1 unspecified atom stereocenters. The smallest absolute Gasteiger partial charge is 0.251 e. The van der Waals surface area contributed by atoms with Crippen LogP contribution in [0.4, 0.5) is 10.2 Å². The fraction of sp³-hybridized carbons (Fsp3) is 0.318. The minimum atomic E-state index is -0.440. The highest BCUT2D eigenvalue weighted by atomic mass is 19.1. The molecule has 150 valence electrons. The van der Waals surface area contributed by atoms with Gasteiger partial charge in [-0.25, -0.2) is 14.4 Å². The number of carbonyl (C=O) groups is 1. The van der Waals surface area contributed by atoms with Crippen LogP contribution in [0.1, 0.15) is 23.2 Å². The zero-order valence-corrected chi connectivity index (χ0v) is 16.3. The van der Waals surface area contributed by atoms with E-state index in [1.165, 1.54) is 19.5 Å². The van der Waals surface area contributed by atoms with E-state index in [2.05, 4.69) is 20.2 Å². The lowest BCUT2D eigenvalue weighted by molar-refractivity contribution is 0.0945. The van der Waals surface area contributed by atoms with Crippen LogP contribution in [0.25, 0.3) is 10.9 Å². The van der Waals surface area contributed by atoms with E-state index < -0.39 is 5.82 Å². The van der Waals surface area contributed by atoms with Crippen molar-refractivity contribution in [2.45, 2.75) is 12.8 Å². The molecule has 2 heterocycles. The van der Waals surface area contributed by atoms with Gasteiger partial charge in [-0.15, -0.1) is 0 Å². The van der Waals surface area contributed by atoms with Crippen molar-refractivity contribution < 1.29 is 13.9 Å². The lowest BCUT2D eigenvalue weighted by Crippen LogP contribution is -2.41. The number of carbonyl (C=O) groups excluding carboxylic acids is 1. The predicted octanol–water partition coefficient (Wildman–Crippen LogP) is 3.42. The lowest BCUT2D eigenvalue weighted by Gasteiger charge is -2.34. The lowest BCUT2D eigenvalue weighted by atomic mass is 9.97. The molecule has 1 atom stereocenters. The Balaban J connectivity index is 1.49. The Morgan fingerprint density at radius 3 is 2.90 bits per heavy atom. The molecule has 2 aromatic carbocycles. The minimum absolute atomic E-state index is 0.0598. The average molecular weight is 394 g/mol. The molecule has 0 bridgehead atoms. The van der Waals surface area contributed by atoms with E-state index in [1.807, 2.05) is 30.3 Å². The maximum Gasteiger partial charge on any atom is 0.251 e. The number of rotatable bonds is 5. The second-order valence-electron chi connectivity index (χ2n) is 7.23. The van der Waals surface area contributed by atoms with E-state index in [0.29, 0.717) is 23.5 Å². The van der Waals surface area contributed by atoms with Crippen LogP contribution in [-0.2, 0) is 0 Å². The molecule has 1 fully saturated rings. The first-order chi connectivity index (χ1) is 14.2. The Morgan fingerprint density at radius 2 is 2.10 bits per heavy atom. The van der Waals surface area contributed by atoms with E-state index >= 15 is 0 Å². The topological polar surface area (TPSA) is 67.3 Å². The molecule has 0 radical (unpaired) electrons. The Bertz CT molecular complexity index is 1010. The minimum Gasteiger partial charge on any atom is -0.494 e. The van der Waals surface area contributed by atoms with Gasteiger partial charge in [-0.2, -0.15) is 0 Å². The molecule has 1 amide bonds. The molecule has 6 nitrogen and oxygen atoms in total.